The normalized spacial score (nSPS) is 12.3. The van der Waals surface area contributed by atoms with E-state index in [4.69, 9.17) is 0 Å². The van der Waals surface area contributed by atoms with Gasteiger partial charge in [-0.15, -0.1) is 5.10 Å². The van der Waals surface area contributed by atoms with Gasteiger partial charge in [-0.1, -0.05) is 19.1 Å². The first-order valence-electron chi connectivity index (χ1n) is 7.75. The van der Waals surface area contributed by atoms with E-state index in [1.54, 1.807) is 16.6 Å². The van der Waals surface area contributed by atoms with Crippen LogP contribution in [0.15, 0.2) is 30.3 Å². The summed E-state index contributed by atoms with van der Waals surface area (Å²) >= 11 is 0. The molecule has 3 rings (SSSR count). The maximum absolute atomic E-state index is 13.1. The van der Waals surface area contributed by atoms with Crippen LogP contribution in [0.2, 0.25) is 0 Å². The number of hydrogen-bond donors (Lipinski definition) is 1. The highest BCUT2D eigenvalue weighted by Crippen LogP contribution is 2.17. The highest BCUT2D eigenvalue weighted by atomic mass is 19.1. The molecule has 6 nitrogen and oxygen atoms in total. The molecule has 0 aliphatic rings. The molecule has 0 saturated heterocycles. The molecule has 0 aliphatic heterocycles. The lowest BCUT2D eigenvalue weighted by atomic mass is 10.0. The van der Waals surface area contributed by atoms with Crippen molar-refractivity contribution in [2.75, 3.05) is 0 Å². The van der Waals surface area contributed by atoms with Crippen molar-refractivity contribution >= 4 is 11.7 Å². The minimum Gasteiger partial charge on any atom is -0.342 e. The Morgan fingerprint density at radius 3 is 2.62 bits per heavy atom. The van der Waals surface area contributed by atoms with Crippen LogP contribution in [-0.4, -0.2) is 25.5 Å². The Morgan fingerprint density at radius 1 is 1.25 bits per heavy atom. The highest BCUT2D eigenvalue weighted by Gasteiger charge is 2.19. The van der Waals surface area contributed by atoms with Crippen molar-refractivity contribution in [3.05, 3.63) is 58.9 Å². The van der Waals surface area contributed by atoms with Gasteiger partial charge in [0.25, 0.3) is 11.7 Å². The molecule has 1 amide bonds. The van der Waals surface area contributed by atoms with E-state index >= 15 is 0 Å². The molecule has 0 aliphatic carbocycles. The van der Waals surface area contributed by atoms with E-state index in [1.165, 1.54) is 12.1 Å². The summed E-state index contributed by atoms with van der Waals surface area (Å²) in [7, 11) is 0. The number of benzene rings is 1. The summed E-state index contributed by atoms with van der Waals surface area (Å²) in [4.78, 5) is 20.9. The molecule has 2 aromatic heterocycles. The molecule has 0 unspecified atom stereocenters. The van der Waals surface area contributed by atoms with Gasteiger partial charge in [0.2, 0.25) is 5.82 Å². The minimum absolute atomic E-state index is 0.0664. The first-order valence-corrected chi connectivity index (χ1v) is 7.75. The lowest BCUT2D eigenvalue weighted by Crippen LogP contribution is -2.29. The minimum atomic E-state index is -0.381. The molecule has 0 bridgehead atoms. The van der Waals surface area contributed by atoms with E-state index in [0.717, 1.165) is 17.0 Å². The van der Waals surface area contributed by atoms with E-state index in [9.17, 15) is 9.18 Å². The summed E-state index contributed by atoms with van der Waals surface area (Å²) in [5, 5.41) is 7.11. The second kappa shape index (κ2) is 6.35. The third-order valence-electron chi connectivity index (χ3n) is 3.81. The lowest BCUT2D eigenvalue weighted by molar-refractivity contribution is 0.0925. The Kier molecular flexibility index (Phi) is 4.24. The monoisotopic (exact) mass is 327 g/mol. The zero-order valence-electron chi connectivity index (χ0n) is 13.7. The second-order valence-corrected chi connectivity index (χ2v) is 5.67. The third kappa shape index (κ3) is 3.10. The lowest BCUT2D eigenvalue weighted by Gasteiger charge is -2.16. The quantitative estimate of drug-likeness (QED) is 0.800. The zero-order chi connectivity index (χ0) is 17.3. The van der Waals surface area contributed by atoms with Gasteiger partial charge in [0.1, 0.15) is 5.82 Å². The van der Waals surface area contributed by atoms with Gasteiger partial charge in [-0.3, -0.25) is 4.79 Å². The van der Waals surface area contributed by atoms with Gasteiger partial charge < -0.3 is 5.32 Å². The summed E-state index contributed by atoms with van der Waals surface area (Å²) in [5.74, 6) is -0.225. The van der Waals surface area contributed by atoms with Crippen molar-refractivity contribution in [1.29, 1.82) is 0 Å². The number of aryl methyl sites for hydroxylation is 2. The van der Waals surface area contributed by atoms with E-state index < -0.39 is 0 Å². The van der Waals surface area contributed by atoms with Crippen LogP contribution in [0.1, 0.15) is 47.0 Å². The molecule has 1 N–H and O–H groups in total. The van der Waals surface area contributed by atoms with Gasteiger partial charge in [-0.05, 0) is 44.0 Å². The van der Waals surface area contributed by atoms with Crippen molar-refractivity contribution in [3.8, 4) is 0 Å². The van der Waals surface area contributed by atoms with Crippen molar-refractivity contribution in [1.82, 2.24) is 24.9 Å². The number of nitrogens with one attached hydrogen (secondary N) is 1. The SMILES string of the molecule is CC[C@@H](NC(=O)c1nc2nc(C)cc(C)n2n1)c1ccc(F)cc1. The van der Waals surface area contributed by atoms with E-state index in [2.05, 4.69) is 20.4 Å². The van der Waals surface area contributed by atoms with E-state index in [0.29, 0.717) is 12.2 Å². The number of fused-ring (bicyclic) bond motifs is 1. The number of aromatic nitrogens is 4. The molecule has 0 fully saturated rings. The maximum Gasteiger partial charge on any atom is 0.291 e. The zero-order valence-corrected chi connectivity index (χ0v) is 13.7. The maximum atomic E-state index is 13.1. The Labute approximate surface area is 138 Å². The molecule has 0 spiro atoms. The topological polar surface area (TPSA) is 72.2 Å². The van der Waals surface area contributed by atoms with Crippen LogP contribution in [0.25, 0.3) is 5.78 Å². The third-order valence-corrected chi connectivity index (χ3v) is 3.81. The molecule has 1 aromatic carbocycles. The molecular formula is C17H18FN5O. The van der Waals surface area contributed by atoms with Gasteiger partial charge in [-0.2, -0.15) is 4.98 Å². The van der Waals surface area contributed by atoms with Crippen LogP contribution in [-0.2, 0) is 0 Å². The standard InChI is InChI=1S/C17H18FN5O/c1-4-14(12-5-7-13(18)8-6-12)20-16(24)15-21-17-19-10(2)9-11(3)23(17)22-15/h5-9,14H,4H2,1-3H3,(H,20,24)/t14-/m1/s1. The summed E-state index contributed by atoms with van der Waals surface area (Å²) in [5.41, 5.74) is 2.51. The predicted octanol–water partition coefficient (Wildman–Crippen LogP) is 2.76. The van der Waals surface area contributed by atoms with Gasteiger partial charge in [0.15, 0.2) is 0 Å². The fourth-order valence-corrected chi connectivity index (χ4v) is 2.60. The van der Waals surface area contributed by atoms with Crippen molar-refractivity contribution < 1.29 is 9.18 Å². The van der Waals surface area contributed by atoms with Gasteiger partial charge in [-0.25, -0.2) is 13.9 Å². The van der Waals surface area contributed by atoms with Gasteiger partial charge in [0, 0.05) is 11.4 Å². The van der Waals surface area contributed by atoms with Crippen LogP contribution in [0, 0.1) is 19.7 Å². The number of halogens is 1. The van der Waals surface area contributed by atoms with E-state index in [-0.39, 0.29) is 23.6 Å². The number of hydrogen-bond acceptors (Lipinski definition) is 4. The van der Waals surface area contributed by atoms with Crippen molar-refractivity contribution in [2.45, 2.75) is 33.2 Å². The Hall–Kier alpha value is -2.83. The number of carbonyl (C=O) groups is 1. The summed E-state index contributed by atoms with van der Waals surface area (Å²) in [6.07, 6.45) is 0.668. The molecule has 124 valence electrons. The summed E-state index contributed by atoms with van der Waals surface area (Å²) in [6, 6.07) is 7.72. The number of amides is 1. The Bertz CT molecular complexity index is 888. The van der Waals surface area contributed by atoms with E-state index in [1.807, 2.05) is 26.8 Å². The second-order valence-electron chi connectivity index (χ2n) is 5.67. The molecule has 1 atom stereocenters. The van der Waals surface area contributed by atoms with Crippen LogP contribution in [0.3, 0.4) is 0 Å². The number of rotatable bonds is 4. The van der Waals surface area contributed by atoms with Crippen LogP contribution < -0.4 is 5.32 Å². The summed E-state index contributed by atoms with van der Waals surface area (Å²) < 4.78 is 14.6. The molecule has 0 radical (unpaired) electrons. The van der Waals surface area contributed by atoms with Crippen molar-refractivity contribution in [2.24, 2.45) is 0 Å². The number of carbonyl (C=O) groups excluding carboxylic acids is 1. The average Bonchev–Trinajstić information content (AvgIpc) is 2.98. The largest absolute Gasteiger partial charge is 0.342 e. The molecule has 7 heteroatoms. The highest BCUT2D eigenvalue weighted by molar-refractivity contribution is 5.91. The first-order chi connectivity index (χ1) is 11.5. The van der Waals surface area contributed by atoms with Crippen LogP contribution in [0.5, 0.6) is 0 Å². The fraction of sp³-hybridized carbons (Fsp3) is 0.294. The fourth-order valence-electron chi connectivity index (χ4n) is 2.60. The number of nitrogens with zero attached hydrogens (tertiary/aromatic N) is 4. The molecule has 24 heavy (non-hydrogen) atoms. The predicted molar refractivity (Wildman–Crippen MR) is 87.2 cm³/mol. The molecule has 3 aromatic rings. The van der Waals surface area contributed by atoms with Gasteiger partial charge in [0.05, 0.1) is 6.04 Å². The molecular weight excluding hydrogens is 309 g/mol. The molecule has 2 heterocycles. The smallest absolute Gasteiger partial charge is 0.291 e. The first kappa shape index (κ1) is 16.0. The average molecular weight is 327 g/mol. The summed E-state index contributed by atoms with van der Waals surface area (Å²) in [6.45, 7) is 5.69. The van der Waals surface area contributed by atoms with Crippen LogP contribution >= 0.6 is 0 Å². The molecule has 0 saturated carbocycles. The Morgan fingerprint density at radius 2 is 1.96 bits per heavy atom. The van der Waals surface area contributed by atoms with Gasteiger partial charge >= 0.3 is 0 Å². The Balaban J connectivity index is 1.85. The van der Waals surface area contributed by atoms with Crippen LogP contribution in [0.4, 0.5) is 4.39 Å². The van der Waals surface area contributed by atoms with Crippen molar-refractivity contribution in [3.63, 3.8) is 0 Å².